The number of benzene rings is 2. The van der Waals surface area contributed by atoms with Crippen LogP contribution in [0.1, 0.15) is 42.6 Å². The van der Waals surface area contributed by atoms with Crippen LogP contribution in [0.4, 0.5) is 11.4 Å². The van der Waals surface area contributed by atoms with Gasteiger partial charge in [0.2, 0.25) is 0 Å². The summed E-state index contributed by atoms with van der Waals surface area (Å²) < 4.78 is 8.68. The Labute approximate surface area is 272 Å². The van der Waals surface area contributed by atoms with Gasteiger partial charge in [-0.05, 0) is 48.0 Å². The molecule has 3 N–H and O–H groups in total. The zero-order valence-corrected chi connectivity index (χ0v) is 26.4. The fraction of sp³-hybridized carbons (Fsp3) is 0.222. The van der Waals surface area contributed by atoms with Gasteiger partial charge in [-0.15, -0.1) is 0 Å². The van der Waals surface area contributed by atoms with Gasteiger partial charge in [-0.2, -0.15) is 0 Å². The molecule has 11 nitrogen and oxygen atoms in total. The number of hydrogen-bond acceptors (Lipinski definition) is 6. The van der Waals surface area contributed by atoms with Crippen molar-refractivity contribution in [3.8, 4) is 0 Å². The number of hydrogen-bond donors (Lipinski definition) is 3. The highest BCUT2D eigenvalue weighted by Crippen LogP contribution is 2.19. The van der Waals surface area contributed by atoms with Gasteiger partial charge in [0.15, 0.2) is 0 Å². The summed E-state index contributed by atoms with van der Waals surface area (Å²) >= 11 is 0. The molecule has 6 rings (SSSR count). The summed E-state index contributed by atoms with van der Waals surface area (Å²) in [5, 5.41) is 9.76. The van der Waals surface area contributed by atoms with Crippen molar-refractivity contribution in [2.75, 3.05) is 50.0 Å². The van der Waals surface area contributed by atoms with Gasteiger partial charge in [0, 0.05) is 63.6 Å². The summed E-state index contributed by atoms with van der Waals surface area (Å²) in [5.41, 5.74) is 4.98. The molecule has 1 fully saturated rings. The van der Waals surface area contributed by atoms with Crippen molar-refractivity contribution in [3.63, 3.8) is 0 Å². The third kappa shape index (κ3) is 7.83. The molecule has 3 aromatic heterocycles. The van der Waals surface area contributed by atoms with E-state index in [-0.39, 0.29) is 17.7 Å². The summed E-state index contributed by atoms with van der Waals surface area (Å²) in [6.45, 7) is 4.41. The largest absolute Gasteiger partial charge is 0.379 e. The first-order chi connectivity index (χ1) is 22.8. The van der Waals surface area contributed by atoms with E-state index in [1.54, 1.807) is 59.9 Å². The minimum atomic E-state index is -0.366. The maximum absolute atomic E-state index is 13.1. The van der Waals surface area contributed by atoms with Crippen LogP contribution < -0.4 is 16.0 Å². The number of nitrogens with zero attached hydrogens (tertiary/aromatic N) is 4. The number of morpholine rings is 1. The minimum absolute atomic E-state index is 0.212. The lowest BCUT2D eigenvalue weighted by molar-refractivity contribution is 0.0383. The molecule has 0 saturated carbocycles. The van der Waals surface area contributed by atoms with Gasteiger partial charge < -0.3 is 29.8 Å². The van der Waals surface area contributed by atoms with E-state index >= 15 is 0 Å². The molecule has 1 saturated heterocycles. The molecule has 0 unspecified atom stereocenters. The number of fused-ring (bicyclic) bond motifs is 1. The number of aromatic nitrogens is 3. The predicted molar refractivity (Wildman–Crippen MR) is 183 cm³/mol. The lowest BCUT2D eigenvalue weighted by Crippen LogP contribution is -2.41. The smallest absolute Gasteiger partial charge is 0.272 e. The average Bonchev–Trinajstić information content (AvgIpc) is 3.64. The Morgan fingerprint density at radius 1 is 0.787 bits per heavy atom. The first kappa shape index (κ1) is 31.5. The van der Waals surface area contributed by atoms with Crippen molar-refractivity contribution in [1.29, 1.82) is 0 Å². The first-order valence-electron chi connectivity index (χ1n) is 15.5. The van der Waals surface area contributed by atoms with Crippen LogP contribution in [0.2, 0.25) is 0 Å². The molecular weight excluding hydrogens is 594 g/mol. The van der Waals surface area contributed by atoms with Crippen LogP contribution in [0.25, 0.3) is 23.1 Å². The van der Waals surface area contributed by atoms with E-state index in [0.29, 0.717) is 48.1 Å². The van der Waals surface area contributed by atoms with Crippen molar-refractivity contribution >= 4 is 52.2 Å². The second kappa shape index (κ2) is 14.3. The lowest BCUT2D eigenvalue weighted by atomic mass is 10.1. The topological polar surface area (TPSA) is 123 Å². The number of carbonyl (C=O) groups excluding carboxylic acids is 3. The Hall–Kier alpha value is -5.52. The first-order valence-corrected chi connectivity index (χ1v) is 15.5. The molecule has 0 bridgehead atoms. The monoisotopic (exact) mass is 631 g/mol. The van der Waals surface area contributed by atoms with Crippen LogP contribution in [0, 0.1) is 0 Å². The molecule has 240 valence electrons. The Morgan fingerprint density at radius 3 is 2.17 bits per heavy atom. The fourth-order valence-corrected chi connectivity index (χ4v) is 5.46. The molecule has 4 heterocycles. The Morgan fingerprint density at radius 2 is 1.45 bits per heavy atom. The van der Waals surface area contributed by atoms with Gasteiger partial charge in [-0.25, -0.2) is 4.98 Å². The molecular formula is C36H37N7O4. The molecule has 47 heavy (non-hydrogen) atoms. The molecule has 0 radical (unpaired) electrons. The van der Waals surface area contributed by atoms with Crippen LogP contribution in [0.5, 0.6) is 0 Å². The molecule has 0 spiro atoms. The summed E-state index contributed by atoms with van der Waals surface area (Å²) in [6.07, 6.45) is 7.27. The van der Waals surface area contributed by atoms with Gasteiger partial charge >= 0.3 is 0 Å². The number of rotatable bonds is 10. The van der Waals surface area contributed by atoms with E-state index in [9.17, 15) is 14.4 Å². The Bertz CT molecular complexity index is 1930. The highest BCUT2D eigenvalue weighted by molar-refractivity contribution is 6.07. The van der Waals surface area contributed by atoms with Crippen molar-refractivity contribution in [1.82, 2.24) is 24.3 Å². The van der Waals surface area contributed by atoms with E-state index in [1.165, 1.54) is 0 Å². The van der Waals surface area contributed by atoms with Crippen LogP contribution in [-0.2, 0) is 18.8 Å². The van der Waals surface area contributed by atoms with Crippen LogP contribution >= 0.6 is 0 Å². The van der Waals surface area contributed by atoms with Gasteiger partial charge in [0.1, 0.15) is 11.4 Å². The lowest BCUT2D eigenvalue weighted by Gasteiger charge is -2.26. The Kier molecular flexibility index (Phi) is 9.56. The van der Waals surface area contributed by atoms with E-state index in [2.05, 4.69) is 25.8 Å². The number of anilines is 2. The number of nitrogens with one attached hydrogen (secondary N) is 3. The molecule has 0 aliphatic carbocycles. The zero-order valence-electron chi connectivity index (χ0n) is 26.4. The number of para-hydroxylation sites is 1. The van der Waals surface area contributed by atoms with Crippen molar-refractivity contribution in [2.45, 2.75) is 0 Å². The van der Waals surface area contributed by atoms with Gasteiger partial charge in [0.25, 0.3) is 17.7 Å². The number of pyridine rings is 1. The van der Waals surface area contributed by atoms with E-state index in [1.807, 2.05) is 60.7 Å². The van der Waals surface area contributed by atoms with Gasteiger partial charge in [0.05, 0.1) is 35.8 Å². The zero-order chi connectivity index (χ0) is 32.8. The fourth-order valence-electron chi connectivity index (χ4n) is 5.46. The number of aryl methyl sites for hydroxylation is 2. The minimum Gasteiger partial charge on any atom is -0.379 e. The van der Waals surface area contributed by atoms with Crippen molar-refractivity contribution in [3.05, 3.63) is 113 Å². The highest BCUT2D eigenvalue weighted by atomic mass is 16.5. The van der Waals surface area contributed by atoms with Crippen LogP contribution in [-0.4, -0.2) is 76.1 Å². The van der Waals surface area contributed by atoms with E-state index < -0.39 is 0 Å². The predicted octanol–water partition coefficient (Wildman–Crippen LogP) is 4.65. The third-order valence-corrected chi connectivity index (χ3v) is 8.05. The highest BCUT2D eigenvalue weighted by Gasteiger charge is 2.18. The summed E-state index contributed by atoms with van der Waals surface area (Å²) in [6, 6.07) is 22.5. The Balaban J connectivity index is 1.02. The summed E-state index contributed by atoms with van der Waals surface area (Å²) in [7, 11) is 3.49. The summed E-state index contributed by atoms with van der Waals surface area (Å²) in [4.78, 5) is 45.8. The second-order valence-electron chi connectivity index (χ2n) is 11.5. The average molecular weight is 632 g/mol. The molecule has 1 aliphatic rings. The molecule has 3 amide bonds. The second-order valence-corrected chi connectivity index (χ2v) is 11.5. The molecule has 1 aliphatic heterocycles. The third-order valence-electron chi connectivity index (χ3n) is 8.05. The molecule has 2 aromatic carbocycles. The van der Waals surface area contributed by atoms with Crippen molar-refractivity contribution < 1.29 is 19.1 Å². The number of carbonyl (C=O) groups is 3. The van der Waals surface area contributed by atoms with Gasteiger partial charge in [-0.3, -0.25) is 19.3 Å². The van der Waals surface area contributed by atoms with Crippen LogP contribution in [0.3, 0.4) is 0 Å². The van der Waals surface area contributed by atoms with Gasteiger partial charge in [-0.1, -0.05) is 42.5 Å². The summed E-state index contributed by atoms with van der Waals surface area (Å²) in [5.74, 6) is -0.868. The van der Waals surface area contributed by atoms with Crippen molar-refractivity contribution in [2.24, 2.45) is 14.1 Å². The normalized spacial score (nSPS) is 13.6. The molecule has 0 atom stereocenters. The number of amides is 3. The maximum atomic E-state index is 13.1. The van der Waals surface area contributed by atoms with E-state index in [0.717, 1.165) is 41.8 Å². The standard InChI is InChI=1S/C36H37N7O4/c1-41-24-30(21-32(41)35(45)37-15-16-43-17-19-47-20-18-43)40-36(46)33-22-29(23-42(33)2)39-34(44)27-10-7-25(8-11-27)9-13-28-14-12-26-5-3-4-6-31(26)38-28/h3-14,21-24H,15-20H2,1-2H3,(H,37,45)(H,39,44)(H,40,46). The van der Waals surface area contributed by atoms with E-state index in [4.69, 9.17) is 4.74 Å². The SMILES string of the molecule is Cn1cc(NC(=O)c2cc(NC(=O)c3ccc(C=Cc4ccc5ccccc5n4)cc3)cn2C)cc1C(=O)NCCN1CCOCC1. The number of ether oxygens (including phenoxy) is 1. The maximum Gasteiger partial charge on any atom is 0.272 e. The quantitative estimate of drug-likeness (QED) is 0.206. The van der Waals surface area contributed by atoms with Crippen LogP contribution in [0.15, 0.2) is 85.2 Å². The molecule has 5 aromatic rings. The molecule has 11 heteroatoms.